The Morgan fingerprint density at radius 1 is 1.26 bits per heavy atom. The van der Waals surface area contributed by atoms with Crippen LogP contribution >= 0.6 is 11.3 Å². The average Bonchev–Trinajstić information content (AvgIpc) is 3.14. The van der Waals surface area contributed by atoms with Crippen LogP contribution in [0.15, 0.2) is 48.5 Å². The number of hydrogen-bond donors (Lipinski definition) is 2. The SMILES string of the molecule is O=C(NC1CCCc2nc(-c3ccc(F)cc3)sc21)c1cccc(CO)c1. The fourth-order valence-corrected chi connectivity index (χ4v) is 4.53. The number of fused-ring (bicyclic) bond motifs is 1. The molecule has 1 heterocycles. The van der Waals surface area contributed by atoms with Crippen molar-refractivity contribution in [3.05, 3.63) is 76.0 Å². The van der Waals surface area contributed by atoms with E-state index in [1.165, 1.54) is 12.1 Å². The van der Waals surface area contributed by atoms with Gasteiger partial charge in [0.15, 0.2) is 0 Å². The van der Waals surface area contributed by atoms with Gasteiger partial charge in [-0.25, -0.2) is 9.37 Å². The Morgan fingerprint density at radius 3 is 2.85 bits per heavy atom. The first-order chi connectivity index (χ1) is 13.1. The predicted octanol–water partition coefficient (Wildman–Crippen LogP) is 4.25. The normalized spacial score (nSPS) is 16.0. The number of benzene rings is 2. The number of carbonyl (C=O) groups is 1. The maximum atomic E-state index is 13.2. The fourth-order valence-electron chi connectivity index (χ4n) is 3.33. The molecular formula is C21H19FN2O2S. The van der Waals surface area contributed by atoms with E-state index in [1.807, 2.05) is 0 Å². The van der Waals surface area contributed by atoms with Gasteiger partial charge in [-0.3, -0.25) is 4.79 Å². The highest BCUT2D eigenvalue weighted by Gasteiger charge is 2.26. The molecule has 0 saturated carbocycles. The van der Waals surface area contributed by atoms with Crippen molar-refractivity contribution in [3.63, 3.8) is 0 Å². The monoisotopic (exact) mass is 382 g/mol. The first kappa shape index (κ1) is 17.8. The zero-order valence-electron chi connectivity index (χ0n) is 14.6. The van der Waals surface area contributed by atoms with Crippen molar-refractivity contribution in [3.8, 4) is 10.6 Å². The Morgan fingerprint density at radius 2 is 2.07 bits per heavy atom. The highest BCUT2D eigenvalue weighted by Crippen LogP contribution is 2.38. The van der Waals surface area contributed by atoms with E-state index in [9.17, 15) is 14.3 Å². The van der Waals surface area contributed by atoms with Crippen LogP contribution in [0.3, 0.4) is 0 Å². The summed E-state index contributed by atoms with van der Waals surface area (Å²) in [5, 5.41) is 13.2. The van der Waals surface area contributed by atoms with E-state index < -0.39 is 0 Å². The van der Waals surface area contributed by atoms with Crippen molar-refractivity contribution < 1.29 is 14.3 Å². The third-order valence-electron chi connectivity index (χ3n) is 4.72. The predicted molar refractivity (Wildman–Crippen MR) is 103 cm³/mol. The maximum absolute atomic E-state index is 13.2. The number of amides is 1. The second-order valence-corrected chi connectivity index (χ2v) is 7.64. The topological polar surface area (TPSA) is 62.2 Å². The second kappa shape index (κ2) is 7.58. The average molecular weight is 382 g/mol. The van der Waals surface area contributed by atoms with Gasteiger partial charge in [0, 0.05) is 11.1 Å². The highest BCUT2D eigenvalue weighted by molar-refractivity contribution is 7.15. The number of aromatic nitrogens is 1. The summed E-state index contributed by atoms with van der Waals surface area (Å²) in [6.45, 7) is -0.0927. The molecule has 27 heavy (non-hydrogen) atoms. The molecule has 138 valence electrons. The third-order valence-corrected chi connectivity index (χ3v) is 5.98. The van der Waals surface area contributed by atoms with E-state index in [0.717, 1.165) is 40.4 Å². The van der Waals surface area contributed by atoms with Crippen LogP contribution in [-0.4, -0.2) is 16.0 Å². The van der Waals surface area contributed by atoms with Crippen LogP contribution in [0.25, 0.3) is 10.6 Å². The van der Waals surface area contributed by atoms with Gasteiger partial charge >= 0.3 is 0 Å². The lowest BCUT2D eigenvalue weighted by molar-refractivity contribution is 0.0933. The van der Waals surface area contributed by atoms with Gasteiger partial charge < -0.3 is 10.4 Å². The van der Waals surface area contributed by atoms with Crippen LogP contribution in [0, 0.1) is 5.82 Å². The van der Waals surface area contributed by atoms with E-state index in [-0.39, 0.29) is 24.4 Å². The summed E-state index contributed by atoms with van der Waals surface area (Å²) in [7, 11) is 0. The van der Waals surface area contributed by atoms with Crippen molar-refractivity contribution in [2.24, 2.45) is 0 Å². The summed E-state index contributed by atoms with van der Waals surface area (Å²) in [5.41, 5.74) is 3.15. The molecule has 1 atom stereocenters. The highest BCUT2D eigenvalue weighted by atomic mass is 32.1. The first-order valence-electron chi connectivity index (χ1n) is 8.90. The zero-order chi connectivity index (χ0) is 18.8. The molecule has 0 aliphatic heterocycles. The fraction of sp³-hybridized carbons (Fsp3) is 0.238. The van der Waals surface area contributed by atoms with Gasteiger partial charge in [-0.15, -0.1) is 11.3 Å². The molecule has 1 aliphatic carbocycles. The molecule has 0 spiro atoms. The Labute approximate surface area is 160 Å². The summed E-state index contributed by atoms with van der Waals surface area (Å²) in [5.74, 6) is -0.421. The number of nitrogens with one attached hydrogen (secondary N) is 1. The Hall–Kier alpha value is -2.57. The van der Waals surface area contributed by atoms with Gasteiger partial charge in [0.05, 0.1) is 23.2 Å². The molecular weight excluding hydrogens is 363 g/mol. The number of hydrogen-bond acceptors (Lipinski definition) is 4. The molecule has 2 N–H and O–H groups in total. The summed E-state index contributed by atoms with van der Waals surface area (Å²) < 4.78 is 13.2. The number of halogens is 1. The van der Waals surface area contributed by atoms with Gasteiger partial charge in [-0.05, 0) is 61.2 Å². The minimum atomic E-state index is -0.268. The minimum absolute atomic E-state index is 0.0780. The Balaban J connectivity index is 1.57. The molecule has 1 aromatic heterocycles. The van der Waals surface area contributed by atoms with Crippen LogP contribution in [0.4, 0.5) is 4.39 Å². The van der Waals surface area contributed by atoms with Crippen molar-refractivity contribution in [1.82, 2.24) is 10.3 Å². The molecule has 4 nitrogen and oxygen atoms in total. The van der Waals surface area contributed by atoms with Crippen LogP contribution in [0.5, 0.6) is 0 Å². The van der Waals surface area contributed by atoms with E-state index in [1.54, 1.807) is 47.7 Å². The number of carbonyl (C=O) groups excluding carboxylic acids is 1. The molecule has 0 saturated heterocycles. The summed E-state index contributed by atoms with van der Waals surface area (Å²) in [6, 6.07) is 13.3. The number of aliphatic hydroxyl groups is 1. The largest absolute Gasteiger partial charge is 0.392 e. The first-order valence-corrected chi connectivity index (χ1v) is 9.72. The van der Waals surface area contributed by atoms with E-state index in [2.05, 4.69) is 5.32 Å². The molecule has 0 fully saturated rings. The van der Waals surface area contributed by atoms with Gasteiger partial charge in [0.1, 0.15) is 10.8 Å². The van der Waals surface area contributed by atoms with Crippen molar-refractivity contribution >= 4 is 17.2 Å². The van der Waals surface area contributed by atoms with Crippen molar-refractivity contribution in [2.75, 3.05) is 0 Å². The molecule has 1 unspecified atom stereocenters. The van der Waals surface area contributed by atoms with E-state index >= 15 is 0 Å². The molecule has 2 aromatic carbocycles. The summed E-state index contributed by atoms with van der Waals surface area (Å²) in [6.07, 6.45) is 2.71. The number of thiazole rings is 1. The third kappa shape index (κ3) is 3.77. The molecule has 4 rings (SSSR count). The zero-order valence-corrected chi connectivity index (χ0v) is 15.4. The number of aliphatic hydroxyl groups excluding tert-OH is 1. The number of aryl methyl sites for hydroxylation is 1. The van der Waals surface area contributed by atoms with Gasteiger partial charge in [-0.1, -0.05) is 12.1 Å². The van der Waals surface area contributed by atoms with Crippen molar-refractivity contribution in [2.45, 2.75) is 31.9 Å². The minimum Gasteiger partial charge on any atom is -0.392 e. The van der Waals surface area contributed by atoms with Gasteiger partial charge in [-0.2, -0.15) is 0 Å². The smallest absolute Gasteiger partial charge is 0.251 e. The number of rotatable bonds is 4. The van der Waals surface area contributed by atoms with E-state index in [0.29, 0.717) is 11.1 Å². The standard InChI is InChI=1S/C21H19FN2O2S/c22-16-9-7-14(8-10-16)21-24-18-6-2-5-17(19(18)27-21)23-20(26)15-4-1-3-13(11-15)12-25/h1,3-4,7-11,17,25H,2,5-6,12H2,(H,23,26). The van der Waals surface area contributed by atoms with Crippen LogP contribution in [-0.2, 0) is 13.0 Å². The lowest BCUT2D eigenvalue weighted by Gasteiger charge is -2.22. The number of nitrogens with zero attached hydrogens (tertiary/aromatic N) is 1. The van der Waals surface area contributed by atoms with Crippen molar-refractivity contribution in [1.29, 1.82) is 0 Å². The lowest BCUT2D eigenvalue weighted by Crippen LogP contribution is -2.30. The maximum Gasteiger partial charge on any atom is 0.251 e. The van der Waals surface area contributed by atoms with Crippen LogP contribution in [0.2, 0.25) is 0 Å². The summed E-state index contributed by atoms with van der Waals surface area (Å²) in [4.78, 5) is 18.5. The molecule has 1 aliphatic rings. The second-order valence-electron chi connectivity index (χ2n) is 6.61. The lowest BCUT2D eigenvalue weighted by atomic mass is 9.97. The molecule has 1 amide bonds. The molecule has 6 heteroatoms. The van der Waals surface area contributed by atoms with E-state index in [4.69, 9.17) is 4.98 Å². The van der Waals surface area contributed by atoms with Gasteiger partial charge in [0.2, 0.25) is 0 Å². The van der Waals surface area contributed by atoms with Crippen LogP contribution < -0.4 is 5.32 Å². The van der Waals surface area contributed by atoms with Crippen LogP contribution in [0.1, 0.15) is 45.4 Å². The molecule has 0 radical (unpaired) electrons. The Kier molecular flexibility index (Phi) is 5.01. The molecule has 0 bridgehead atoms. The van der Waals surface area contributed by atoms with Gasteiger partial charge in [0.25, 0.3) is 5.91 Å². The quantitative estimate of drug-likeness (QED) is 0.709. The Bertz CT molecular complexity index is 969. The molecule has 3 aromatic rings. The summed E-state index contributed by atoms with van der Waals surface area (Å²) >= 11 is 1.56.